The van der Waals surface area contributed by atoms with Crippen molar-refractivity contribution >= 4 is 38.9 Å². The van der Waals surface area contributed by atoms with E-state index >= 15 is 0 Å². The van der Waals surface area contributed by atoms with Crippen LogP contribution in [0.5, 0.6) is 0 Å². The molecule has 1 aliphatic carbocycles. The molecule has 0 unspecified atom stereocenters. The molecule has 1 aliphatic rings. The van der Waals surface area contributed by atoms with Crippen molar-refractivity contribution in [2.45, 2.75) is 44.9 Å². The third kappa shape index (κ3) is 8.67. The van der Waals surface area contributed by atoms with Gasteiger partial charge >= 0.3 is 0 Å². The van der Waals surface area contributed by atoms with Crippen molar-refractivity contribution in [1.82, 2.24) is 4.57 Å². The van der Waals surface area contributed by atoms with Gasteiger partial charge in [0, 0.05) is 33.4 Å². The Morgan fingerprint density at radius 3 is 1.33 bits per heavy atom. The average Bonchev–Trinajstić information content (AvgIpc) is 3.56. The molecule has 0 spiro atoms. The Labute approximate surface area is 476 Å². The number of hydrogen-bond donors (Lipinski definition) is 0. The maximum atomic E-state index is 2.48. The zero-order chi connectivity index (χ0) is 54.3. The molecule has 0 N–H and O–H groups in total. The van der Waals surface area contributed by atoms with Crippen molar-refractivity contribution in [2.24, 2.45) is 0 Å². The minimum Gasteiger partial charge on any atom is -0.310 e. The van der Waals surface area contributed by atoms with E-state index in [4.69, 9.17) is 0 Å². The van der Waals surface area contributed by atoms with Crippen molar-refractivity contribution in [3.05, 3.63) is 325 Å². The molecule has 0 amide bonds. The summed E-state index contributed by atoms with van der Waals surface area (Å²) in [5.74, 6) is 0. The van der Waals surface area contributed by atoms with Crippen LogP contribution in [0.25, 0.3) is 83.1 Å². The minimum atomic E-state index is -0.545. The second-order valence-electron chi connectivity index (χ2n) is 21.7. The first-order chi connectivity index (χ1) is 40.1. The number of benzene rings is 12. The Balaban J connectivity index is 0.850. The highest BCUT2D eigenvalue weighted by Crippen LogP contribution is 2.57. The summed E-state index contributed by atoms with van der Waals surface area (Å²) in [6, 6.07) is 108. The Kier molecular flexibility index (Phi) is 12.9. The van der Waals surface area contributed by atoms with E-state index in [0.29, 0.717) is 0 Å². The van der Waals surface area contributed by atoms with Crippen LogP contribution in [-0.2, 0) is 18.3 Å². The first-order valence-electron chi connectivity index (χ1n) is 28.9. The molecule has 0 aliphatic heterocycles. The van der Waals surface area contributed by atoms with Gasteiger partial charge in [-0.2, -0.15) is 0 Å². The second-order valence-corrected chi connectivity index (χ2v) is 21.7. The van der Waals surface area contributed by atoms with E-state index in [2.05, 4.69) is 315 Å². The number of aryl methyl sites for hydroxylation is 2. The van der Waals surface area contributed by atoms with Crippen LogP contribution in [0.4, 0.5) is 17.1 Å². The number of rotatable bonds is 14. The van der Waals surface area contributed by atoms with Gasteiger partial charge in [-0.25, -0.2) is 0 Å². The molecule has 0 atom stereocenters. The zero-order valence-corrected chi connectivity index (χ0v) is 45.9. The normalized spacial score (nSPS) is 12.4. The molecule has 13 aromatic rings. The first kappa shape index (κ1) is 49.5. The van der Waals surface area contributed by atoms with Crippen LogP contribution < -0.4 is 4.90 Å². The lowest BCUT2D eigenvalue weighted by Gasteiger charge is -2.35. The highest BCUT2D eigenvalue weighted by molar-refractivity contribution is 6.10. The van der Waals surface area contributed by atoms with E-state index in [0.717, 1.165) is 53.9 Å². The number of aromatic nitrogens is 1. The summed E-state index contributed by atoms with van der Waals surface area (Å²) in [6.07, 6.45) is 4.46. The standard InChI is InChI=1S/C79H62N2/c1-3-20-55-34-50-77-72(52-55)73-53-56(21-4-2)35-51-78(73)81(77)65-46-42-60(43-47-65)58-38-36-57(37-39-58)59-40-44-64(45-41-59)80(76-33-19-17-31-71(76)68-29-15-14-28-67(68)61-22-8-5-9-23-61)66-48-49-70-69-30-16-18-32-74(69)79(75(70)54-66,62-24-10-6-11-25-62)63-26-12-7-13-27-63/h5-19,22-54H,3-4,20-21H2,1-2H3. The number of fused-ring (bicyclic) bond motifs is 6. The van der Waals surface area contributed by atoms with E-state index in [9.17, 15) is 0 Å². The number of hydrogen-bond acceptors (Lipinski definition) is 1. The van der Waals surface area contributed by atoms with Gasteiger partial charge in [-0.15, -0.1) is 0 Å². The Hall–Kier alpha value is -9.76. The highest BCUT2D eigenvalue weighted by Gasteiger charge is 2.46. The van der Waals surface area contributed by atoms with Gasteiger partial charge < -0.3 is 9.47 Å². The molecule has 0 saturated heterocycles. The van der Waals surface area contributed by atoms with E-state index in [1.165, 1.54) is 105 Å². The largest absolute Gasteiger partial charge is 0.310 e. The van der Waals surface area contributed by atoms with Crippen LogP contribution in [-0.4, -0.2) is 4.57 Å². The van der Waals surface area contributed by atoms with Crippen LogP contribution in [0.1, 0.15) is 60.1 Å². The second kappa shape index (κ2) is 21.1. The molecule has 2 nitrogen and oxygen atoms in total. The van der Waals surface area contributed by atoms with Gasteiger partial charge in [0.25, 0.3) is 0 Å². The molecule has 0 fully saturated rings. The van der Waals surface area contributed by atoms with E-state index < -0.39 is 5.41 Å². The predicted octanol–water partition coefficient (Wildman–Crippen LogP) is 21.2. The molecule has 12 aromatic carbocycles. The highest BCUT2D eigenvalue weighted by atomic mass is 15.1. The van der Waals surface area contributed by atoms with Crippen molar-refractivity contribution in [3.8, 4) is 61.3 Å². The van der Waals surface area contributed by atoms with Crippen molar-refractivity contribution in [1.29, 1.82) is 0 Å². The van der Waals surface area contributed by atoms with Crippen LogP contribution in [0.2, 0.25) is 0 Å². The summed E-state index contributed by atoms with van der Waals surface area (Å²) in [5, 5.41) is 2.68. The van der Waals surface area contributed by atoms with E-state index in [1.54, 1.807) is 0 Å². The maximum Gasteiger partial charge on any atom is 0.0714 e. The third-order valence-electron chi connectivity index (χ3n) is 16.9. The van der Waals surface area contributed by atoms with Gasteiger partial charge in [0.2, 0.25) is 0 Å². The van der Waals surface area contributed by atoms with Crippen LogP contribution in [0.3, 0.4) is 0 Å². The average molecular weight is 1040 g/mol. The van der Waals surface area contributed by atoms with Gasteiger partial charge in [-0.3, -0.25) is 0 Å². The lowest BCUT2D eigenvalue weighted by molar-refractivity contribution is 0.768. The molecule has 14 rings (SSSR count). The van der Waals surface area contributed by atoms with Crippen LogP contribution >= 0.6 is 0 Å². The predicted molar refractivity (Wildman–Crippen MR) is 343 cm³/mol. The Bertz CT molecular complexity index is 4280. The van der Waals surface area contributed by atoms with E-state index in [-0.39, 0.29) is 0 Å². The fourth-order valence-electron chi connectivity index (χ4n) is 13.2. The number of para-hydroxylation sites is 1. The van der Waals surface area contributed by atoms with Crippen LogP contribution in [0, 0.1) is 0 Å². The van der Waals surface area contributed by atoms with Crippen molar-refractivity contribution < 1.29 is 0 Å². The minimum absolute atomic E-state index is 0.545. The summed E-state index contributed by atoms with van der Waals surface area (Å²) < 4.78 is 2.45. The molecule has 0 bridgehead atoms. The van der Waals surface area contributed by atoms with Gasteiger partial charge in [0.15, 0.2) is 0 Å². The lowest BCUT2D eigenvalue weighted by atomic mass is 9.67. The fourth-order valence-corrected chi connectivity index (χ4v) is 13.2. The smallest absolute Gasteiger partial charge is 0.0714 e. The molecular weight excluding hydrogens is 977 g/mol. The number of nitrogens with zero attached hydrogens (tertiary/aromatic N) is 2. The quantitative estimate of drug-likeness (QED) is 0.105. The molecule has 1 aromatic heterocycles. The van der Waals surface area contributed by atoms with Crippen LogP contribution in [0.15, 0.2) is 291 Å². The summed E-state index contributed by atoms with van der Waals surface area (Å²) in [5.41, 5.74) is 26.2. The van der Waals surface area contributed by atoms with Gasteiger partial charge in [0.1, 0.15) is 0 Å². The Morgan fingerprint density at radius 2 is 0.765 bits per heavy atom. The topological polar surface area (TPSA) is 8.17 Å². The monoisotopic (exact) mass is 1040 g/mol. The number of anilines is 3. The molecular formula is C79H62N2. The molecule has 0 saturated carbocycles. The van der Waals surface area contributed by atoms with Gasteiger partial charge in [-0.1, -0.05) is 251 Å². The summed E-state index contributed by atoms with van der Waals surface area (Å²) >= 11 is 0. The molecule has 388 valence electrons. The summed E-state index contributed by atoms with van der Waals surface area (Å²) in [6.45, 7) is 4.52. The van der Waals surface area contributed by atoms with Gasteiger partial charge in [0.05, 0.1) is 22.1 Å². The fraction of sp³-hybridized carbons (Fsp3) is 0.0886. The first-order valence-corrected chi connectivity index (χ1v) is 28.9. The SMILES string of the molecule is CCCc1ccc2c(c1)c1cc(CCC)ccc1n2-c1ccc(-c2ccc(-c3ccc(N(c4ccc5c(c4)C(c4ccccc4)(c4ccccc4)c4ccccc4-5)c4ccccc4-c4ccccc4-c4ccccc4)cc3)cc2)cc1. The van der Waals surface area contributed by atoms with Crippen molar-refractivity contribution in [3.63, 3.8) is 0 Å². The third-order valence-corrected chi connectivity index (χ3v) is 16.9. The molecule has 0 radical (unpaired) electrons. The van der Waals surface area contributed by atoms with Gasteiger partial charge in [-0.05, 0) is 163 Å². The molecule has 2 heteroatoms. The maximum absolute atomic E-state index is 2.48. The summed E-state index contributed by atoms with van der Waals surface area (Å²) in [4.78, 5) is 2.48. The Morgan fingerprint density at radius 1 is 0.321 bits per heavy atom. The summed E-state index contributed by atoms with van der Waals surface area (Å²) in [7, 11) is 0. The molecule has 1 heterocycles. The molecule has 81 heavy (non-hydrogen) atoms. The van der Waals surface area contributed by atoms with E-state index in [1.807, 2.05) is 0 Å². The van der Waals surface area contributed by atoms with Crippen molar-refractivity contribution in [2.75, 3.05) is 4.90 Å². The zero-order valence-electron chi connectivity index (χ0n) is 45.9. The lowest BCUT2D eigenvalue weighted by Crippen LogP contribution is -2.28.